The molecule has 0 aromatic heterocycles. The SMILES string of the molecule is CCNC(C)C1CCN(CC2(O)CCCCC2)CC1. The molecule has 2 aliphatic rings. The van der Waals surface area contributed by atoms with E-state index < -0.39 is 0 Å². The van der Waals surface area contributed by atoms with Gasteiger partial charge in [-0.1, -0.05) is 26.2 Å². The Balaban J connectivity index is 1.73. The normalized spacial score (nSPS) is 27.3. The third-order valence-corrected chi connectivity index (χ3v) is 5.17. The van der Waals surface area contributed by atoms with Gasteiger partial charge in [-0.3, -0.25) is 0 Å². The Morgan fingerprint density at radius 2 is 1.84 bits per heavy atom. The van der Waals surface area contributed by atoms with Crippen molar-refractivity contribution in [1.82, 2.24) is 10.2 Å². The van der Waals surface area contributed by atoms with E-state index in [0.717, 1.165) is 31.8 Å². The molecular formula is C16H32N2O. The number of hydrogen-bond acceptors (Lipinski definition) is 3. The van der Waals surface area contributed by atoms with Crippen molar-refractivity contribution in [3.05, 3.63) is 0 Å². The summed E-state index contributed by atoms with van der Waals surface area (Å²) in [7, 11) is 0. The van der Waals surface area contributed by atoms with Crippen molar-refractivity contribution in [2.24, 2.45) is 5.92 Å². The van der Waals surface area contributed by atoms with Crippen LogP contribution in [0.4, 0.5) is 0 Å². The van der Waals surface area contributed by atoms with Crippen LogP contribution in [-0.4, -0.2) is 47.8 Å². The Hall–Kier alpha value is -0.120. The monoisotopic (exact) mass is 268 g/mol. The Bertz CT molecular complexity index is 255. The van der Waals surface area contributed by atoms with Crippen LogP contribution in [0.25, 0.3) is 0 Å². The first kappa shape index (κ1) is 15.3. The van der Waals surface area contributed by atoms with E-state index in [1.807, 2.05) is 0 Å². The number of nitrogens with zero attached hydrogens (tertiary/aromatic N) is 1. The Morgan fingerprint density at radius 3 is 2.42 bits per heavy atom. The van der Waals surface area contributed by atoms with Gasteiger partial charge >= 0.3 is 0 Å². The molecule has 1 unspecified atom stereocenters. The number of rotatable bonds is 5. The molecule has 0 bridgehead atoms. The number of nitrogens with one attached hydrogen (secondary N) is 1. The number of hydrogen-bond donors (Lipinski definition) is 2. The molecule has 2 N–H and O–H groups in total. The van der Waals surface area contributed by atoms with Gasteiger partial charge in [0.2, 0.25) is 0 Å². The smallest absolute Gasteiger partial charge is 0.0774 e. The maximum atomic E-state index is 10.6. The molecule has 1 atom stereocenters. The van der Waals surface area contributed by atoms with Gasteiger partial charge in [0.15, 0.2) is 0 Å². The fourth-order valence-corrected chi connectivity index (χ4v) is 3.88. The first-order valence-electron chi connectivity index (χ1n) is 8.31. The van der Waals surface area contributed by atoms with Crippen molar-refractivity contribution >= 4 is 0 Å². The zero-order valence-electron chi connectivity index (χ0n) is 12.8. The molecule has 2 rings (SSSR count). The molecule has 112 valence electrons. The Morgan fingerprint density at radius 1 is 1.21 bits per heavy atom. The minimum absolute atomic E-state index is 0.377. The molecule has 1 aliphatic carbocycles. The maximum absolute atomic E-state index is 10.6. The van der Waals surface area contributed by atoms with Gasteiger partial charge in [0.05, 0.1) is 5.60 Å². The molecule has 19 heavy (non-hydrogen) atoms. The van der Waals surface area contributed by atoms with E-state index in [9.17, 15) is 5.11 Å². The largest absolute Gasteiger partial charge is 0.389 e. The molecule has 0 radical (unpaired) electrons. The van der Waals surface area contributed by atoms with Crippen molar-refractivity contribution in [1.29, 1.82) is 0 Å². The lowest BCUT2D eigenvalue weighted by Gasteiger charge is -2.41. The topological polar surface area (TPSA) is 35.5 Å². The maximum Gasteiger partial charge on any atom is 0.0774 e. The average molecular weight is 268 g/mol. The van der Waals surface area contributed by atoms with Crippen LogP contribution in [-0.2, 0) is 0 Å². The van der Waals surface area contributed by atoms with Gasteiger partial charge in [-0.05, 0) is 58.2 Å². The summed E-state index contributed by atoms with van der Waals surface area (Å²) in [4.78, 5) is 2.50. The van der Waals surface area contributed by atoms with Crippen LogP contribution in [0.5, 0.6) is 0 Å². The minimum atomic E-state index is -0.377. The molecule has 0 spiro atoms. The molecule has 1 aliphatic heterocycles. The predicted octanol–water partition coefficient (Wildman–Crippen LogP) is 2.39. The van der Waals surface area contributed by atoms with Crippen LogP contribution in [0.1, 0.15) is 58.8 Å². The highest BCUT2D eigenvalue weighted by Gasteiger charge is 2.33. The molecule has 0 amide bonds. The quantitative estimate of drug-likeness (QED) is 0.803. The van der Waals surface area contributed by atoms with Crippen LogP contribution >= 0.6 is 0 Å². The number of piperidine rings is 1. The lowest BCUT2D eigenvalue weighted by molar-refractivity contribution is -0.0335. The molecule has 1 heterocycles. The van der Waals surface area contributed by atoms with Gasteiger partial charge < -0.3 is 15.3 Å². The number of β-amino-alcohol motifs (C(OH)–C–C–N with tert-alkyl or cyclic N) is 1. The van der Waals surface area contributed by atoms with Gasteiger partial charge in [0, 0.05) is 12.6 Å². The van der Waals surface area contributed by atoms with Crippen LogP contribution in [0, 0.1) is 5.92 Å². The third kappa shape index (κ3) is 4.44. The van der Waals surface area contributed by atoms with Gasteiger partial charge in [-0.15, -0.1) is 0 Å². The second kappa shape index (κ2) is 7.05. The highest BCUT2D eigenvalue weighted by Crippen LogP contribution is 2.30. The molecule has 3 nitrogen and oxygen atoms in total. The molecule has 1 saturated heterocycles. The molecule has 1 saturated carbocycles. The van der Waals surface area contributed by atoms with Crippen LogP contribution in [0.15, 0.2) is 0 Å². The van der Waals surface area contributed by atoms with Crippen LogP contribution in [0.2, 0.25) is 0 Å². The van der Waals surface area contributed by atoms with Crippen molar-refractivity contribution in [3.63, 3.8) is 0 Å². The summed E-state index contributed by atoms with van der Waals surface area (Å²) in [6.07, 6.45) is 8.33. The minimum Gasteiger partial charge on any atom is -0.389 e. The van der Waals surface area contributed by atoms with Crippen LogP contribution in [0.3, 0.4) is 0 Å². The summed E-state index contributed by atoms with van der Waals surface area (Å²) in [6, 6.07) is 0.643. The van der Waals surface area contributed by atoms with E-state index >= 15 is 0 Å². The summed E-state index contributed by atoms with van der Waals surface area (Å²) in [5.74, 6) is 0.817. The lowest BCUT2D eigenvalue weighted by Crippen LogP contribution is -2.49. The molecule has 3 heteroatoms. The van der Waals surface area contributed by atoms with Gasteiger partial charge in [0.25, 0.3) is 0 Å². The molecular weight excluding hydrogens is 236 g/mol. The zero-order valence-corrected chi connectivity index (χ0v) is 12.8. The van der Waals surface area contributed by atoms with Crippen molar-refractivity contribution < 1.29 is 5.11 Å². The summed E-state index contributed by atoms with van der Waals surface area (Å²) in [5.41, 5.74) is -0.377. The van der Waals surface area contributed by atoms with E-state index in [4.69, 9.17) is 0 Å². The first-order valence-corrected chi connectivity index (χ1v) is 8.31. The average Bonchev–Trinajstić information content (AvgIpc) is 2.40. The summed E-state index contributed by atoms with van der Waals surface area (Å²) in [5, 5.41) is 14.2. The van der Waals surface area contributed by atoms with E-state index in [1.54, 1.807) is 0 Å². The highest BCUT2D eigenvalue weighted by atomic mass is 16.3. The number of likely N-dealkylation sites (tertiary alicyclic amines) is 1. The predicted molar refractivity (Wildman–Crippen MR) is 80.3 cm³/mol. The molecule has 2 fully saturated rings. The summed E-state index contributed by atoms with van der Waals surface area (Å²) in [6.45, 7) is 8.82. The van der Waals surface area contributed by atoms with Gasteiger partial charge in [-0.2, -0.15) is 0 Å². The van der Waals surface area contributed by atoms with Crippen LogP contribution < -0.4 is 5.32 Å². The fraction of sp³-hybridized carbons (Fsp3) is 1.00. The van der Waals surface area contributed by atoms with E-state index in [-0.39, 0.29) is 5.60 Å². The van der Waals surface area contributed by atoms with Gasteiger partial charge in [0.1, 0.15) is 0 Å². The zero-order chi connectivity index (χ0) is 13.7. The lowest BCUT2D eigenvalue weighted by atomic mass is 9.83. The van der Waals surface area contributed by atoms with Crippen molar-refractivity contribution in [3.8, 4) is 0 Å². The third-order valence-electron chi connectivity index (χ3n) is 5.17. The van der Waals surface area contributed by atoms with Crippen molar-refractivity contribution in [2.45, 2.75) is 70.4 Å². The summed E-state index contributed by atoms with van der Waals surface area (Å²) < 4.78 is 0. The summed E-state index contributed by atoms with van der Waals surface area (Å²) >= 11 is 0. The molecule has 0 aromatic rings. The Kier molecular flexibility index (Phi) is 5.67. The van der Waals surface area contributed by atoms with Crippen molar-refractivity contribution in [2.75, 3.05) is 26.2 Å². The highest BCUT2D eigenvalue weighted by molar-refractivity contribution is 4.88. The number of aliphatic hydroxyl groups is 1. The second-order valence-electron chi connectivity index (χ2n) is 6.74. The second-order valence-corrected chi connectivity index (χ2v) is 6.74. The molecule has 0 aromatic carbocycles. The fourth-order valence-electron chi connectivity index (χ4n) is 3.88. The van der Waals surface area contributed by atoms with E-state index in [2.05, 4.69) is 24.1 Å². The standard InChI is InChI=1S/C16H32N2O/c1-3-17-14(2)15-7-11-18(12-8-15)13-16(19)9-5-4-6-10-16/h14-15,17,19H,3-13H2,1-2H3. The van der Waals surface area contributed by atoms with E-state index in [1.165, 1.54) is 45.2 Å². The van der Waals surface area contributed by atoms with E-state index in [0.29, 0.717) is 6.04 Å². The first-order chi connectivity index (χ1) is 9.13. The Labute approximate surface area is 118 Å². The van der Waals surface area contributed by atoms with Gasteiger partial charge in [-0.25, -0.2) is 0 Å².